The van der Waals surface area contributed by atoms with E-state index in [-0.39, 0.29) is 5.41 Å². The van der Waals surface area contributed by atoms with Gasteiger partial charge in [-0.3, -0.25) is 0 Å². The quantitative estimate of drug-likeness (QED) is 0.135. The molecule has 0 fully saturated rings. The van der Waals surface area contributed by atoms with Crippen molar-refractivity contribution in [2.45, 2.75) is 19.3 Å². The van der Waals surface area contributed by atoms with Crippen LogP contribution in [-0.2, 0) is 19.1 Å². The summed E-state index contributed by atoms with van der Waals surface area (Å²) in [6, 6.07) is 176. The molecule has 8 nitrogen and oxygen atoms in total. The minimum absolute atomic E-state index is 0.116. The molecule has 0 amide bonds. The molecule has 4 aliphatic rings. The van der Waals surface area contributed by atoms with Crippen molar-refractivity contribution in [3.8, 4) is 84.1 Å². The van der Waals surface area contributed by atoms with Crippen molar-refractivity contribution in [2.24, 2.45) is 0 Å². The number of hydrogen-bond acceptors (Lipinski definition) is 3. The first-order valence-electron chi connectivity index (χ1n) is 49.3. The van der Waals surface area contributed by atoms with Gasteiger partial charge in [-0.05, 0) is 223 Å². The summed E-state index contributed by atoms with van der Waals surface area (Å²) < 4.78 is 57.9. The molecule has 11 heteroatoms. The summed E-state index contributed by atoms with van der Waals surface area (Å²) in [5.41, 5.74) is 31.1. The van der Waals surface area contributed by atoms with Crippen molar-refractivity contribution >= 4 is 189 Å². The van der Waals surface area contributed by atoms with E-state index in [9.17, 15) is 0 Å². The molecule has 5 aromatic heterocycles. The van der Waals surface area contributed by atoms with Crippen molar-refractivity contribution in [1.29, 1.82) is 0 Å². The molecule has 3 unspecified atom stereocenters. The number of benzene rings is 22. The van der Waals surface area contributed by atoms with Crippen LogP contribution >= 0.6 is 21.4 Å². The van der Waals surface area contributed by atoms with E-state index in [0.717, 1.165) is 180 Å². The lowest BCUT2D eigenvalue weighted by molar-refractivity contribution is 0.592. The van der Waals surface area contributed by atoms with Crippen LogP contribution in [0.15, 0.2) is 497 Å². The van der Waals surface area contributed by atoms with Gasteiger partial charge >= 0.3 is 0 Å². The fraction of sp³-hybridized carbons (Fsp3) is 0.0226. The average molecular weight is 1900 g/mol. The lowest BCUT2D eigenvalue weighted by Gasteiger charge is -2.22. The number of aromatic nitrogens is 5. The third-order valence-electron chi connectivity index (χ3n) is 31.2. The van der Waals surface area contributed by atoms with Crippen LogP contribution in [0.4, 0.5) is 0 Å². The van der Waals surface area contributed by atoms with Crippen molar-refractivity contribution < 1.29 is 13.7 Å². The second-order valence-corrected chi connectivity index (χ2v) is 47.2. The van der Waals surface area contributed by atoms with Gasteiger partial charge in [0.25, 0.3) is 0 Å². The summed E-state index contributed by atoms with van der Waals surface area (Å²) in [5.74, 6) is 0. The topological polar surface area (TPSA) is 75.9 Å². The molecule has 0 saturated heterocycles. The smallest absolute Gasteiger partial charge is 0.172 e. The summed E-state index contributed by atoms with van der Waals surface area (Å²) in [6.07, 6.45) is 0. The zero-order chi connectivity index (χ0) is 95.6. The molecular weight excluding hydrogens is 1810 g/mol. The Bertz CT molecular complexity index is 10300. The molecule has 0 N–H and O–H groups in total. The van der Waals surface area contributed by atoms with Gasteiger partial charge in [0.1, 0.15) is 0 Å². The van der Waals surface area contributed by atoms with Crippen molar-refractivity contribution in [1.82, 2.24) is 22.8 Å². The molecule has 0 radical (unpaired) electrons. The number of rotatable bonds is 9. The molecule has 144 heavy (non-hydrogen) atoms. The molecule has 8 heterocycles. The molecule has 3 atom stereocenters. The van der Waals surface area contributed by atoms with E-state index in [4.69, 9.17) is 0 Å². The van der Waals surface area contributed by atoms with Crippen LogP contribution in [0.25, 0.3) is 204 Å². The average Bonchev–Trinajstić information content (AvgIpc) is 1.54. The first kappa shape index (κ1) is 83.7. The van der Waals surface area contributed by atoms with E-state index in [1.807, 2.05) is 109 Å². The maximum atomic E-state index is 15.4. The first-order valence-corrected chi connectivity index (χ1v) is 54.4. The van der Waals surface area contributed by atoms with Gasteiger partial charge in [-0.2, -0.15) is 0 Å². The minimum atomic E-state index is -3.06. The second-order valence-electron chi connectivity index (χ2n) is 39.1. The summed E-state index contributed by atoms with van der Waals surface area (Å²) in [6.45, 7) is 4.69. The Hall–Kier alpha value is -17.2. The third kappa shape index (κ3) is 12.1. The minimum Gasteiger partial charge on any atom is -0.309 e. The van der Waals surface area contributed by atoms with Crippen molar-refractivity contribution in [2.75, 3.05) is 0 Å². The van der Waals surface area contributed by atoms with Crippen LogP contribution in [0.2, 0.25) is 0 Å². The van der Waals surface area contributed by atoms with Gasteiger partial charge in [0.2, 0.25) is 0 Å². The molecule has 0 spiro atoms. The monoisotopic (exact) mass is 1900 g/mol. The van der Waals surface area contributed by atoms with Crippen LogP contribution in [0.5, 0.6) is 0 Å². The predicted molar refractivity (Wildman–Crippen MR) is 607 cm³/mol. The summed E-state index contributed by atoms with van der Waals surface area (Å²) >= 11 is 0. The SMILES string of the molecule is CC1(C)c2ccc(-c3ccc4ccccc4c3)cc2-c2cc(-n3c4ccccc4c4cc5c(cc43)-c3ccccc3P5(=O)c3ccccc3)ccc21.O=P1(c2ccccc2)c2ccccc2-c2cc3c(cc21)c1ccccc1n3-c1ccc2c(c1)c1ccccc1n2-c1ccccc1.O=P1(c2ccccc2)c2ccccc2-c2cc3c(cc21)c1ccccc1n3-c1ccc2c3ccccc3n(-c3ccccc3)c2c1. The third-order valence-corrected chi connectivity index (χ3v) is 40.6. The first-order chi connectivity index (χ1) is 70.8. The van der Waals surface area contributed by atoms with E-state index in [0.29, 0.717) is 0 Å². The molecule has 3 aliphatic heterocycles. The molecule has 27 aromatic rings. The van der Waals surface area contributed by atoms with E-state index < -0.39 is 21.4 Å². The summed E-state index contributed by atoms with van der Waals surface area (Å²) in [5, 5.41) is 22.4. The van der Waals surface area contributed by atoms with Gasteiger partial charge in [0, 0.05) is 135 Å². The predicted octanol–water partition coefficient (Wildman–Crippen LogP) is 30.5. The van der Waals surface area contributed by atoms with E-state index in [1.165, 1.54) is 82.2 Å². The standard InChI is InChI=1S/C49H34NOP.2C42H27N2OP/c1-49(2)43-24-22-34(33-21-20-31-12-6-7-13-32(31)26-33)27-39(43)40-28-35(23-25-44(40)49)50-45-18-10-8-16-37(45)41-30-48-42(29-46(41)50)38-17-9-11-19-47(38)52(48,51)36-14-4-3-5-15-36;45-46(30-15-5-2-6-16-30)41-22-12-9-19-34(41)36-26-40-35(27-42(36)46)32-18-8-11-21-38(32)44(40)29-23-24-33-31-17-7-10-20-37(31)43(39(33)25-29)28-13-3-1-4-14-28;45-46(30-15-5-2-6-16-30)41-22-12-9-19-33(41)36-26-40-35(27-42(36)46)32-18-8-11-21-38(32)44(40)29-23-24-39-34(25-29)31-17-7-10-20-37(31)43(39)28-13-3-1-4-14-28/h3-30H,1-2H3;2*1-27H. The number of hydrogen-bond donors (Lipinski definition) is 0. The zero-order valence-electron chi connectivity index (χ0n) is 78.6. The molecule has 0 saturated carbocycles. The Kier molecular flexibility index (Phi) is 18.6. The van der Waals surface area contributed by atoms with Gasteiger partial charge < -0.3 is 36.5 Å². The fourth-order valence-corrected chi connectivity index (χ4v) is 33.9. The van der Waals surface area contributed by atoms with Gasteiger partial charge in [0.05, 0.1) is 55.2 Å². The number of fused-ring (bicyclic) bond motifs is 28. The molecule has 678 valence electrons. The lowest BCUT2D eigenvalue weighted by Crippen LogP contribution is -2.20. The van der Waals surface area contributed by atoms with Gasteiger partial charge in [0.15, 0.2) is 21.4 Å². The highest BCUT2D eigenvalue weighted by Gasteiger charge is 2.45. The van der Waals surface area contributed by atoms with Crippen LogP contribution in [0.3, 0.4) is 0 Å². The Labute approximate surface area is 831 Å². The van der Waals surface area contributed by atoms with Gasteiger partial charge in [-0.1, -0.05) is 366 Å². The largest absolute Gasteiger partial charge is 0.309 e. The summed E-state index contributed by atoms with van der Waals surface area (Å²) in [4.78, 5) is 0. The highest BCUT2D eigenvalue weighted by molar-refractivity contribution is 7.87. The fourth-order valence-electron chi connectivity index (χ4n) is 24.7. The van der Waals surface area contributed by atoms with E-state index in [2.05, 4.69) is 425 Å². The number of para-hydroxylation sites is 7. The molecule has 22 aromatic carbocycles. The maximum Gasteiger partial charge on any atom is 0.172 e. The Morgan fingerprint density at radius 2 is 0.451 bits per heavy atom. The van der Waals surface area contributed by atoms with Gasteiger partial charge in [-0.15, -0.1) is 0 Å². The Morgan fingerprint density at radius 3 is 0.889 bits per heavy atom. The highest BCUT2D eigenvalue weighted by atomic mass is 31.2. The Morgan fingerprint density at radius 1 is 0.167 bits per heavy atom. The maximum absolute atomic E-state index is 15.4. The second kappa shape index (κ2) is 31.9. The van der Waals surface area contributed by atoms with Gasteiger partial charge in [-0.25, -0.2) is 0 Å². The molecule has 0 bridgehead atoms. The van der Waals surface area contributed by atoms with Crippen LogP contribution in [-0.4, -0.2) is 22.8 Å². The van der Waals surface area contributed by atoms with Crippen molar-refractivity contribution in [3.63, 3.8) is 0 Å². The van der Waals surface area contributed by atoms with Crippen LogP contribution < -0.4 is 47.7 Å². The normalized spacial score (nSPS) is 15.9. The highest BCUT2D eigenvalue weighted by Crippen LogP contribution is 2.59. The van der Waals surface area contributed by atoms with E-state index in [1.54, 1.807) is 0 Å². The van der Waals surface area contributed by atoms with Crippen molar-refractivity contribution in [3.05, 3.63) is 509 Å². The summed E-state index contributed by atoms with van der Waals surface area (Å²) in [7, 11) is -9.16. The van der Waals surface area contributed by atoms with Crippen LogP contribution in [0.1, 0.15) is 25.0 Å². The van der Waals surface area contributed by atoms with E-state index >= 15 is 13.7 Å². The molecular formula is C133H88N5O3P3. The lowest BCUT2D eigenvalue weighted by atomic mass is 9.82. The zero-order valence-corrected chi connectivity index (χ0v) is 81.3. The van der Waals surface area contributed by atoms with Crippen LogP contribution in [0, 0.1) is 0 Å². The molecule has 1 aliphatic carbocycles. The molecule has 31 rings (SSSR count). The Balaban J connectivity index is 0.000000103. The number of nitrogens with zero attached hydrogens (tertiary/aromatic N) is 5.